The third-order valence-corrected chi connectivity index (χ3v) is 8.27. The first kappa shape index (κ1) is 26.3. The predicted molar refractivity (Wildman–Crippen MR) is 159 cm³/mol. The van der Waals surface area contributed by atoms with Crippen molar-refractivity contribution in [2.24, 2.45) is 0 Å². The van der Waals surface area contributed by atoms with E-state index in [4.69, 9.17) is 4.42 Å². The van der Waals surface area contributed by atoms with Crippen LogP contribution in [-0.2, 0) is 10.0 Å². The number of furan rings is 1. The second-order valence-electron chi connectivity index (χ2n) is 9.69. The topological polar surface area (TPSA) is 108 Å². The first-order valence-corrected chi connectivity index (χ1v) is 14.6. The minimum atomic E-state index is -3.66. The molecule has 0 saturated carbocycles. The summed E-state index contributed by atoms with van der Waals surface area (Å²) in [6.07, 6.45) is 2.84. The Bertz CT molecular complexity index is 2030. The summed E-state index contributed by atoms with van der Waals surface area (Å²) in [4.78, 5) is 20.8. The molecule has 0 fully saturated rings. The van der Waals surface area contributed by atoms with E-state index in [-0.39, 0.29) is 11.3 Å². The zero-order chi connectivity index (χ0) is 28.9. The Labute approximate surface area is 235 Å². The quantitative estimate of drug-likeness (QED) is 0.249. The normalized spacial score (nSPS) is 11.7. The van der Waals surface area contributed by atoms with Crippen LogP contribution in [0.2, 0.25) is 0 Å². The van der Waals surface area contributed by atoms with Crippen molar-refractivity contribution in [3.8, 4) is 33.7 Å². The van der Waals surface area contributed by atoms with Gasteiger partial charge in [-0.2, -0.15) is 0 Å². The number of amides is 1. The van der Waals surface area contributed by atoms with Crippen molar-refractivity contribution in [1.82, 2.24) is 15.3 Å². The molecule has 0 atom stereocenters. The molecule has 1 amide bonds. The van der Waals surface area contributed by atoms with Crippen molar-refractivity contribution in [1.29, 1.82) is 0 Å². The lowest BCUT2D eigenvalue weighted by Gasteiger charge is -2.21. The minimum Gasteiger partial charge on any atom is -0.455 e. The lowest BCUT2D eigenvalue weighted by atomic mass is 9.97. The number of aromatic nitrogens is 2. The van der Waals surface area contributed by atoms with Crippen molar-refractivity contribution in [3.05, 3.63) is 96.4 Å². The molecule has 3 heterocycles. The number of sulfonamides is 1. The van der Waals surface area contributed by atoms with Crippen LogP contribution in [0.15, 0.2) is 89.5 Å². The van der Waals surface area contributed by atoms with Gasteiger partial charge in [-0.15, -0.1) is 0 Å². The van der Waals surface area contributed by atoms with Crippen LogP contribution >= 0.6 is 0 Å². The zero-order valence-electron chi connectivity index (χ0n) is 22.4. The number of hydrogen-bond acceptors (Lipinski definition) is 5. The van der Waals surface area contributed by atoms with Crippen LogP contribution in [0.4, 0.5) is 10.1 Å². The van der Waals surface area contributed by atoms with Gasteiger partial charge in [-0.05, 0) is 65.7 Å². The summed E-state index contributed by atoms with van der Waals surface area (Å²) in [6.45, 7) is 0. The van der Waals surface area contributed by atoms with E-state index in [9.17, 15) is 17.6 Å². The Morgan fingerprint density at radius 3 is 2.44 bits per heavy atom. The molecule has 2 N–H and O–H groups in total. The van der Waals surface area contributed by atoms with Gasteiger partial charge in [0.2, 0.25) is 10.0 Å². The van der Waals surface area contributed by atoms with Gasteiger partial charge in [-0.25, -0.2) is 17.8 Å². The van der Waals surface area contributed by atoms with E-state index in [1.807, 2.05) is 42.5 Å². The molecule has 41 heavy (non-hydrogen) atoms. The summed E-state index contributed by atoms with van der Waals surface area (Å²) in [6, 6.07) is 22.5. The molecule has 3 aromatic carbocycles. The molecule has 3 aromatic heterocycles. The van der Waals surface area contributed by atoms with Gasteiger partial charge in [0, 0.05) is 54.0 Å². The average Bonchev–Trinajstić information content (AvgIpc) is 3.57. The third kappa shape index (κ3) is 4.72. The molecule has 0 radical (unpaired) electrons. The summed E-state index contributed by atoms with van der Waals surface area (Å²) in [7, 11) is -0.676. The van der Waals surface area contributed by atoms with Gasteiger partial charge >= 0.3 is 0 Å². The van der Waals surface area contributed by atoms with E-state index in [1.54, 1.807) is 18.3 Å². The summed E-state index contributed by atoms with van der Waals surface area (Å²) in [5.74, 6) is -0.558. The van der Waals surface area contributed by atoms with Crippen LogP contribution in [0.1, 0.15) is 10.4 Å². The van der Waals surface area contributed by atoms with E-state index in [2.05, 4.69) is 15.3 Å². The van der Waals surface area contributed by atoms with E-state index in [0.717, 1.165) is 34.1 Å². The molecule has 6 rings (SSSR count). The molecule has 0 unspecified atom stereocenters. The van der Waals surface area contributed by atoms with Crippen LogP contribution in [0.25, 0.3) is 55.7 Å². The molecular weight excluding hydrogens is 543 g/mol. The van der Waals surface area contributed by atoms with Crippen molar-refractivity contribution in [2.75, 3.05) is 24.7 Å². The first-order chi connectivity index (χ1) is 19.6. The smallest absolute Gasteiger partial charge is 0.255 e. The summed E-state index contributed by atoms with van der Waals surface area (Å²) < 4.78 is 46.4. The Kier molecular flexibility index (Phi) is 6.34. The number of aromatic amines is 1. The standard InChI is InChI=1S/C31H25FN4O4S/c1-33-31(37)28-24-16-23(19-6-4-7-20(14-19)25-15-21-8-5-13-34-30(21)35-25)26(36(2)41(3,38)39)17-27(24)40-29(28)18-9-11-22(32)12-10-18/h4-17H,1-3H3,(H,33,37)(H,34,35). The maximum absolute atomic E-state index is 13.7. The van der Waals surface area contributed by atoms with Gasteiger partial charge in [0.25, 0.3) is 5.91 Å². The highest BCUT2D eigenvalue weighted by Crippen LogP contribution is 2.42. The Hall–Kier alpha value is -4.96. The van der Waals surface area contributed by atoms with Gasteiger partial charge in [0.1, 0.15) is 22.8 Å². The molecule has 0 aliphatic heterocycles. The zero-order valence-corrected chi connectivity index (χ0v) is 23.2. The average molecular weight is 569 g/mol. The minimum absolute atomic E-state index is 0.254. The van der Waals surface area contributed by atoms with E-state index in [1.165, 1.54) is 42.7 Å². The van der Waals surface area contributed by atoms with Crippen LogP contribution in [-0.4, -0.2) is 44.6 Å². The lowest BCUT2D eigenvalue weighted by molar-refractivity contribution is 0.0964. The largest absolute Gasteiger partial charge is 0.455 e. The highest BCUT2D eigenvalue weighted by atomic mass is 32.2. The fourth-order valence-corrected chi connectivity index (χ4v) is 5.43. The number of rotatable bonds is 6. The SMILES string of the molecule is CNC(=O)c1c(-c2ccc(F)cc2)oc2cc(N(C)S(C)(=O)=O)c(-c3cccc(-c4cc5cccnc5[nH]4)c3)cc12. The number of anilines is 1. The number of carbonyl (C=O) groups is 1. The molecule has 0 spiro atoms. The molecule has 0 saturated heterocycles. The van der Waals surface area contributed by atoms with E-state index in [0.29, 0.717) is 27.8 Å². The Morgan fingerprint density at radius 2 is 1.73 bits per heavy atom. The maximum atomic E-state index is 13.7. The number of pyridine rings is 1. The van der Waals surface area contributed by atoms with Crippen LogP contribution in [0, 0.1) is 5.82 Å². The molecule has 0 aliphatic carbocycles. The highest BCUT2D eigenvalue weighted by molar-refractivity contribution is 7.92. The van der Waals surface area contributed by atoms with Crippen molar-refractivity contribution in [2.45, 2.75) is 0 Å². The number of H-pyrrole nitrogens is 1. The lowest BCUT2D eigenvalue weighted by Crippen LogP contribution is -2.25. The second-order valence-corrected chi connectivity index (χ2v) is 11.7. The van der Waals surface area contributed by atoms with E-state index >= 15 is 0 Å². The third-order valence-electron chi connectivity index (χ3n) is 7.08. The molecule has 0 aliphatic rings. The fraction of sp³-hybridized carbons (Fsp3) is 0.0968. The molecule has 206 valence electrons. The monoisotopic (exact) mass is 568 g/mol. The number of carbonyl (C=O) groups excluding carboxylic acids is 1. The number of hydrogen-bond donors (Lipinski definition) is 2. The molecule has 6 aromatic rings. The summed E-state index contributed by atoms with van der Waals surface area (Å²) in [5.41, 5.74) is 5.26. The van der Waals surface area contributed by atoms with Crippen LogP contribution < -0.4 is 9.62 Å². The summed E-state index contributed by atoms with van der Waals surface area (Å²) in [5, 5.41) is 4.11. The summed E-state index contributed by atoms with van der Waals surface area (Å²) >= 11 is 0. The van der Waals surface area contributed by atoms with Crippen molar-refractivity contribution >= 4 is 43.6 Å². The molecular formula is C31H25FN4O4S. The molecule has 10 heteroatoms. The van der Waals surface area contributed by atoms with Crippen molar-refractivity contribution in [3.63, 3.8) is 0 Å². The number of halogens is 1. The Morgan fingerprint density at radius 1 is 0.976 bits per heavy atom. The number of nitrogens with one attached hydrogen (secondary N) is 2. The van der Waals surface area contributed by atoms with E-state index < -0.39 is 21.7 Å². The maximum Gasteiger partial charge on any atom is 0.255 e. The molecule has 8 nitrogen and oxygen atoms in total. The first-order valence-electron chi connectivity index (χ1n) is 12.7. The second kappa shape index (κ2) is 9.90. The fourth-order valence-electron chi connectivity index (χ4n) is 4.93. The van der Waals surface area contributed by atoms with Gasteiger partial charge in [0.15, 0.2) is 0 Å². The van der Waals surface area contributed by atoms with Crippen molar-refractivity contribution < 1.29 is 22.0 Å². The van der Waals surface area contributed by atoms with Gasteiger partial charge in [-0.1, -0.05) is 18.2 Å². The number of nitrogens with zero attached hydrogens (tertiary/aromatic N) is 2. The predicted octanol–water partition coefficient (Wildman–Crippen LogP) is 6.20. The number of benzene rings is 3. The number of fused-ring (bicyclic) bond motifs is 2. The van der Waals surface area contributed by atoms with Gasteiger partial charge in [-0.3, -0.25) is 9.10 Å². The van der Waals surface area contributed by atoms with Crippen LogP contribution in [0.3, 0.4) is 0 Å². The molecule has 0 bridgehead atoms. The highest BCUT2D eigenvalue weighted by Gasteiger charge is 2.26. The Balaban J connectivity index is 1.61. The van der Waals surface area contributed by atoms with Gasteiger partial charge in [0.05, 0.1) is 17.5 Å². The van der Waals surface area contributed by atoms with Crippen LogP contribution in [0.5, 0.6) is 0 Å². The van der Waals surface area contributed by atoms with Gasteiger partial charge < -0.3 is 14.7 Å².